The SMILES string of the molecule is NCCNC(=O)C(F)(F)F.O=C(O)C(F)(F)F. The van der Waals surface area contributed by atoms with Crippen LogP contribution in [0.2, 0.25) is 0 Å². The fourth-order valence-corrected chi connectivity index (χ4v) is 0.286. The average Bonchev–Trinajstić information content (AvgIpc) is 2.11. The van der Waals surface area contributed by atoms with Crippen molar-refractivity contribution in [2.24, 2.45) is 5.73 Å². The van der Waals surface area contributed by atoms with Crippen LogP contribution in [-0.4, -0.2) is 42.4 Å². The standard InChI is InChI=1S/C4H7F3N2O.C2HF3O2/c5-4(6,7)3(10)9-2-1-8;3-2(4,5)1(6)7/h1-2,8H2,(H,9,10);(H,6,7). The van der Waals surface area contributed by atoms with Crippen LogP contribution in [-0.2, 0) is 9.59 Å². The minimum atomic E-state index is -5.08. The van der Waals surface area contributed by atoms with E-state index in [-0.39, 0.29) is 13.1 Å². The highest BCUT2D eigenvalue weighted by Crippen LogP contribution is 2.13. The maximum absolute atomic E-state index is 11.3. The zero-order valence-electron chi connectivity index (χ0n) is 8.02. The van der Waals surface area contributed by atoms with Gasteiger partial charge in [-0.25, -0.2) is 4.79 Å². The number of carbonyl (C=O) groups is 2. The largest absolute Gasteiger partial charge is 0.490 e. The lowest BCUT2D eigenvalue weighted by Crippen LogP contribution is -2.39. The van der Waals surface area contributed by atoms with Crippen molar-refractivity contribution in [2.45, 2.75) is 12.4 Å². The van der Waals surface area contributed by atoms with Crippen LogP contribution in [0, 0.1) is 0 Å². The van der Waals surface area contributed by atoms with Crippen molar-refractivity contribution < 1.29 is 41.0 Å². The third-order valence-electron chi connectivity index (χ3n) is 0.930. The molecular formula is C6H8F6N2O3. The Morgan fingerprint density at radius 2 is 1.41 bits per heavy atom. The first-order valence-electron chi connectivity index (χ1n) is 3.78. The van der Waals surface area contributed by atoms with E-state index in [0.717, 1.165) is 0 Å². The zero-order chi connectivity index (χ0) is 14.3. The summed E-state index contributed by atoms with van der Waals surface area (Å²) in [6.45, 7) is -0.153. The van der Waals surface area contributed by atoms with Crippen LogP contribution in [0.15, 0.2) is 0 Å². The summed E-state index contributed by atoms with van der Waals surface area (Å²) in [5, 5.41) is 8.71. The summed E-state index contributed by atoms with van der Waals surface area (Å²) in [7, 11) is 0. The van der Waals surface area contributed by atoms with Gasteiger partial charge in [-0.15, -0.1) is 0 Å². The molecule has 4 N–H and O–H groups in total. The fraction of sp³-hybridized carbons (Fsp3) is 0.667. The molecule has 0 aromatic rings. The molecule has 11 heteroatoms. The minimum Gasteiger partial charge on any atom is -0.475 e. The van der Waals surface area contributed by atoms with Gasteiger partial charge in [0.2, 0.25) is 0 Å². The average molecular weight is 270 g/mol. The van der Waals surface area contributed by atoms with E-state index >= 15 is 0 Å². The quantitative estimate of drug-likeness (QED) is 0.627. The van der Waals surface area contributed by atoms with E-state index in [2.05, 4.69) is 0 Å². The molecule has 0 unspecified atom stereocenters. The number of carbonyl (C=O) groups excluding carboxylic acids is 1. The van der Waals surface area contributed by atoms with Gasteiger partial charge in [0.1, 0.15) is 0 Å². The van der Waals surface area contributed by atoms with Crippen LogP contribution >= 0.6 is 0 Å². The second-order valence-corrected chi connectivity index (χ2v) is 2.35. The summed E-state index contributed by atoms with van der Waals surface area (Å²) in [6.07, 6.45) is -9.88. The maximum Gasteiger partial charge on any atom is 0.490 e. The first-order chi connectivity index (χ1) is 7.42. The van der Waals surface area contributed by atoms with Crippen molar-refractivity contribution >= 4 is 11.9 Å². The molecule has 0 heterocycles. The molecule has 5 nitrogen and oxygen atoms in total. The predicted molar refractivity (Wildman–Crippen MR) is 41.8 cm³/mol. The number of carboxylic acid groups (broad SMARTS) is 1. The summed E-state index contributed by atoms with van der Waals surface area (Å²) in [5.74, 6) is -4.70. The number of nitrogens with one attached hydrogen (secondary N) is 1. The normalized spacial score (nSPS) is 11.2. The number of hydrogen-bond acceptors (Lipinski definition) is 3. The van der Waals surface area contributed by atoms with Crippen LogP contribution < -0.4 is 11.1 Å². The monoisotopic (exact) mass is 270 g/mol. The number of aliphatic carboxylic acids is 1. The molecule has 0 aromatic heterocycles. The number of nitrogens with two attached hydrogens (primary N) is 1. The number of carboxylic acids is 1. The number of alkyl halides is 6. The molecule has 0 atom stereocenters. The Hall–Kier alpha value is -1.52. The number of hydrogen-bond donors (Lipinski definition) is 3. The Morgan fingerprint density at radius 3 is 1.59 bits per heavy atom. The Morgan fingerprint density at radius 1 is 1.06 bits per heavy atom. The molecule has 0 spiro atoms. The lowest BCUT2D eigenvalue weighted by atomic mass is 10.5. The van der Waals surface area contributed by atoms with Crippen LogP contribution in [0.1, 0.15) is 0 Å². The topological polar surface area (TPSA) is 92.4 Å². The zero-order valence-corrected chi connectivity index (χ0v) is 8.02. The maximum atomic E-state index is 11.3. The van der Waals surface area contributed by atoms with Gasteiger partial charge >= 0.3 is 24.2 Å². The molecule has 0 saturated heterocycles. The highest BCUT2D eigenvalue weighted by Gasteiger charge is 2.38. The summed E-state index contributed by atoms with van der Waals surface area (Å²) in [4.78, 5) is 18.8. The molecule has 0 aliphatic carbocycles. The van der Waals surface area contributed by atoms with Gasteiger partial charge in [0.05, 0.1) is 0 Å². The Kier molecular flexibility index (Phi) is 7.29. The van der Waals surface area contributed by atoms with E-state index in [1.165, 1.54) is 0 Å². The molecule has 1 amide bonds. The second-order valence-electron chi connectivity index (χ2n) is 2.35. The third-order valence-corrected chi connectivity index (χ3v) is 0.930. The summed E-state index contributed by atoms with van der Waals surface area (Å²) in [6, 6.07) is 0. The lowest BCUT2D eigenvalue weighted by Gasteiger charge is -2.05. The van der Waals surface area contributed by atoms with E-state index < -0.39 is 24.2 Å². The van der Waals surface area contributed by atoms with E-state index in [9.17, 15) is 31.1 Å². The lowest BCUT2D eigenvalue weighted by molar-refractivity contribution is -0.192. The van der Waals surface area contributed by atoms with Gasteiger partial charge in [0.15, 0.2) is 0 Å². The first-order valence-corrected chi connectivity index (χ1v) is 3.78. The van der Waals surface area contributed by atoms with Gasteiger partial charge in [-0.3, -0.25) is 4.79 Å². The molecule has 0 bridgehead atoms. The fourth-order valence-electron chi connectivity index (χ4n) is 0.286. The molecule has 0 aliphatic heterocycles. The van der Waals surface area contributed by atoms with E-state index in [1.807, 2.05) is 0 Å². The van der Waals surface area contributed by atoms with E-state index in [1.54, 1.807) is 5.32 Å². The van der Waals surface area contributed by atoms with Crippen molar-refractivity contribution in [3.63, 3.8) is 0 Å². The Bertz CT molecular complexity index is 261. The molecule has 17 heavy (non-hydrogen) atoms. The van der Waals surface area contributed by atoms with Crippen molar-refractivity contribution in [3.8, 4) is 0 Å². The van der Waals surface area contributed by atoms with Crippen molar-refractivity contribution in [1.82, 2.24) is 5.32 Å². The molecule has 102 valence electrons. The molecule has 0 rings (SSSR count). The Labute approximate surface area is 90.6 Å². The molecular weight excluding hydrogens is 262 g/mol. The van der Waals surface area contributed by atoms with Crippen molar-refractivity contribution in [1.29, 1.82) is 0 Å². The number of amides is 1. The van der Waals surface area contributed by atoms with Crippen LogP contribution in [0.5, 0.6) is 0 Å². The number of halogens is 6. The first kappa shape index (κ1) is 17.9. The van der Waals surface area contributed by atoms with Gasteiger partial charge in [-0.1, -0.05) is 0 Å². The summed E-state index contributed by atoms with van der Waals surface area (Å²) < 4.78 is 65.7. The van der Waals surface area contributed by atoms with Crippen molar-refractivity contribution in [3.05, 3.63) is 0 Å². The van der Waals surface area contributed by atoms with Crippen LogP contribution in [0.25, 0.3) is 0 Å². The van der Waals surface area contributed by atoms with E-state index in [0.29, 0.717) is 0 Å². The summed E-state index contributed by atoms with van der Waals surface area (Å²) in [5.41, 5.74) is 4.84. The highest BCUT2D eigenvalue weighted by atomic mass is 19.4. The Balaban J connectivity index is 0. The van der Waals surface area contributed by atoms with E-state index in [4.69, 9.17) is 15.6 Å². The highest BCUT2D eigenvalue weighted by molar-refractivity contribution is 5.81. The summed E-state index contributed by atoms with van der Waals surface area (Å²) >= 11 is 0. The van der Waals surface area contributed by atoms with Gasteiger partial charge in [-0.2, -0.15) is 26.3 Å². The third kappa shape index (κ3) is 10.8. The molecule has 0 aliphatic rings. The van der Waals surface area contributed by atoms with Gasteiger partial charge < -0.3 is 16.2 Å². The van der Waals surface area contributed by atoms with Gasteiger partial charge in [-0.05, 0) is 0 Å². The smallest absolute Gasteiger partial charge is 0.475 e. The second kappa shape index (κ2) is 6.93. The predicted octanol–water partition coefficient (Wildman–Crippen LogP) is 0.257. The van der Waals surface area contributed by atoms with Crippen LogP contribution in [0.3, 0.4) is 0 Å². The van der Waals surface area contributed by atoms with Crippen molar-refractivity contribution in [2.75, 3.05) is 13.1 Å². The number of rotatable bonds is 2. The molecule has 0 saturated carbocycles. The molecule has 0 fully saturated rings. The minimum absolute atomic E-state index is 0.00181. The van der Waals surface area contributed by atoms with Gasteiger partial charge in [0, 0.05) is 13.1 Å². The molecule has 0 radical (unpaired) electrons. The van der Waals surface area contributed by atoms with Crippen LogP contribution in [0.4, 0.5) is 26.3 Å². The van der Waals surface area contributed by atoms with Gasteiger partial charge in [0.25, 0.3) is 0 Å². The molecule has 0 aromatic carbocycles.